The topological polar surface area (TPSA) is 67.7 Å². The fourth-order valence-corrected chi connectivity index (χ4v) is 4.69. The number of hydrogen-bond donors (Lipinski definition) is 0. The lowest BCUT2D eigenvalue weighted by Gasteiger charge is -2.35. The van der Waals surface area contributed by atoms with Crippen molar-refractivity contribution in [1.82, 2.24) is 14.7 Å². The summed E-state index contributed by atoms with van der Waals surface area (Å²) in [5.74, 6) is 0.165. The second-order valence-corrected chi connectivity index (χ2v) is 8.39. The van der Waals surface area contributed by atoms with Crippen LogP contribution >= 0.6 is 11.6 Å². The van der Waals surface area contributed by atoms with Crippen molar-refractivity contribution in [2.24, 2.45) is 5.92 Å². The molecule has 30 heavy (non-hydrogen) atoms. The zero-order valence-corrected chi connectivity index (χ0v) is 18.0. The number of halogens is 1. The Bertz CT molecular complexity index is 963. The molecule has 0 atom stereocenters. The third-order valence-electron chi connectivity index (χ3n) is 6.11. The maximum atomic E-state index is 13.0. The van der Waals surface area contributed by atoms with Gasteiger partial charge in [0.15, 0.2) is 0 Å². The van der Waals surface area contributed by atoms with Gasteiger partial charge in [-0.3, -0.25) is 4.79 Å². The van der Waals surface area contributed by atoms with E-state index in [2.05, 4.69) is 14.9 Å². The second kappa shape index (κ2) is 9.18. The molecule has 4 rings (SSSR count). The van der Waals surface area contributed by atoms with Gasteiger partial charge in [-0.05, 0) is 56.8 Å². The number of carbonyl (C=O) groups excluding carboxylic acids is 1. The van der Waals surface area contributed by atoms with Gasteiger partial charge < -0.3 is 14.5 Å². The molecule has 2 aromatic rings. The molecule has 0 unspecified atom stereocenters. The summed E-state index contributed by atoms with van der Waals surface area (Å²) >= 11 is 6.48. The van der Waals surface area contributed by atoms with Gasteiger partial charge in [0.05, 0.1) is 30.2 Å². The van der Waals surface area contributed by atoms with E-state index >= 15 is 0 Å². The molecule has 0 N–H and O–H groups in total. The number of hydrogen-bond acceptors (Lipinski definition) is 6. The molecule has 2 aliphatic rings. The minimum Gasteiger partial charge on any atom is -0.465 e. The van der Waals surface area contributed by atoms with Crippen molar-refractivity contribution in [2.75, 3.05) is 44.7 Å². The number of carbonyl (C=O) groups is 1. The lowest BCUT2D eigenvalue weighted by Crippen LogP contribution is -2.39. The predicted molar refractivity (Wildman–Crippen MR) is 117 cm³/mol. The fourth-order valence-electron chi connectivity index (χ4n) is 4.44. The van der Waals surface area contributed by atoms with Gasteiger partial charge in [-0.2, -0.15) is 9.78 Å². The third-order valence-corrected chi connectivity index (χ3v) is 6.46. The van der Waals surface area contributed by atoms with E-state index < -0.39 is 11.5 Å². The normalized spacial score (nSPS) is 18.0. The lowest BCUT2D eigenvalue weighted by molar-refractivity contribution is 0.0600. The highest BCUT2D eigenvalue weighted by atomic mass is 35.5. The Hall–Kier alpha value is -2.38. The summed E-state index contributed by atoms with van der Waals surface area (Å²) in [6.07, 6.45) is 6.42. The van der Waals surface area contributed by atoms with Crippen LogP contribution in [0.4, 0.5) is 5.69 Å². The number of aromatic nitrogens is 2. The molecule has 3 heterocycles. The van der Waals surface area contributed by atoms with Crippen LogP contribution in [-0.2, 0) is 4.74 Å². The summed E-state index contributed by atoms with van der Waals surface area (Å²) in [5.41, 5.74) is 0.839. The van der Waals surface area contributed by atoms with E-state index in [1.165, 1.54) is 39.6 Å². The maximum Gasteiger partial charge on any atom is 0.340 e. The number of likely N-dealkylation sites (tertiary alicyclic amines) is 1. The van der Waals surface area contributed by atoms with Crippen LogP contribution in [0.2, 0.25) is 5.02 Å². The Balaban J connectivity index is 1.52. The van der Waals surface area contributed by atoms with Crippen molar-refractivity contribution < 1.29 is 9.53 Å². The molecule has 7 nitrogen and oxygen atoms in total. The summed E-state index contributed by atoms with van der Waals surface area (Å²) in [6, 6.07) is 6.70. The third kappa shape index (κ3) is 4.23. The van der Waals surface area contributed by atoms with Gasteiger partial charge >= 0.3 is 5.97 Å². The average Bonchev–Trinajstić information content (AvgIpc) is 3.29. The molecular formula is C22H27ClN4O3. The molecule has 160 valence electrons. The van der Waals surface area contributed by atoms with Crippen LogP contribution in [0, 0.1) is 5.92 Å². The molecule has 0 spiro atoms. The smallest absolute Gasteiger partial charge is 0.340 e. The van der Waals surface area contributed by atoms with Crippen LogP contribution in [0.15, 0.2) is 35.3 Å². The molecule has 0 radical (unpaired) electrons. The first kappa shape index (κ1) is 20.9. The van der Waals surface area contributed by atoms with E-state index in [0.29, 0.717) is 17.3 Å². The minimum atomic E-state index is -0.528. The van der Waals surface area contributed by atoms with E-state index in [1.54, 1.807) is 30.5 Å². The van der Waals surface area contributed by atoms with Gasteiger partial charge in [0.25, 0.3) is 5.56 Å². The molecule has 1 aromatic heterocycles. The van der Waals surface area contributed by atoms with E-state index in [9.17, 15) is 9.59 Å². The minimum absolute atomic E-state index is 0.127. The number of ether oxygens (including phenoxy) is 1. The lowest BCUT2D eigenvalue weighted by atomic mass is 9.96. The monoisotopic (exact) mass is 430 g/mol. The Morgan fingerprint density at radius 1 is 1.13 bits per heavy atom. The van der Waals surface area contributed by atoms with E-state index in [0.717, 1.165) is 30.6 Å². The van der Waals surface area contributed by atoms with Crippen LogP contribution in [0.5, 0.6) is 0 Å². The molecule has 2 fully saturated rings. The molecule has 0 amide bonds. The number of para-hydroxylation sites is 1. The van der Waals surface area contributed by atoms with Crippen LogP contribution < -0.4 is 10.5 Å². The molecule has 0 aliphatic carbocycles. The van der Waals surface area contributed by atoms with Crippen LogP contribution in [0.25, 0.3) is 5.69 Å². The van der Waals surface area contributed by atoms with Gasteiger partial charge in [-0.1, -0.05) is 23.7 Å². The highest BCUT2D eigenvalue weighted by Gasteiger charge is 2.25. The molecule has 8 heteroatoms. The molecular weight excluding hydrogens is 404 g/mol. The van der Waals surface area contributed by atoms with Crippen molar-refractivity contribution in [3.63, 3.8) is 0 Å². The largest absolute Gasteiger partial charge is 0.465 e. The Labute approximate surface area is 181 Å². The maximum absolute atomic E-state index is 13.0. The summed E-state index contributed by atoms with van der Waals surface area (Å²) in [5, 5.41) is 4.45. The molecule has 2 saturated heterocycles. The van der Waals surface area contributed by atoms with Gasteiger partial charge in [0.1, 0.15) is 5.02 Å². The van der Waals surface area contributed by atoms with Crippen molar-refractivity contribution in [3.8, 4) is 5.69 Å². The number of nitrogens with zero attached hydrogens (tertiary/aromatic N) is 4. The number of methoxy groups -OCH3 is 1. The summed E-state index contributed by atoms with van der Waals surface area (Å²) in [6.45, 7) is 5.35. The van der Waals surface area contributed by atoms with Crippen molar-refractivity contribution in [3.05, 3.63) is 51.4 Å². The van der Waals surface area contributed by atoms with Crippen LogP contribution in [-0.4, -0.2) is 60.5 Å². The Kier molecular flexibility index (Phi) is 6.39. The van der Waals surface area contributed by atoms with Crippen LogP contribution in [0.1, 0.15) is 36.0 Å². The number of esters is 1. The number of rotatable bonds is 5. The SMILES string of the molecule is COC(=O)c1ccccc1-n1ncc(N2CCC(CN3CCCC3)CC2)c(Cl)c1=O. The predicted octanol–water partition coefficient (Wildman–Crippen LogP) is 2.98. The Morgan fingerprint density at radius 2 is 1.83 bits per heavy atom. The van der Waals surface area contributed by atoms with E-state index in [1.807, 2.05) is 0 Å². The van der Waals surface area contributed by atoms with Gasteiger partial charge in [-0.25, -0.2) is 4.79 Å². The molecule has 0 bridgehead atoms. The van der Waals surface area contributed by atoms with Gasteiger partial charge in [-0.15, -0.1) is 0 Å². The fraction of sp³-hybridized carbons (Fsp3) is 0.500. The van der Waals surface area contributed by atoms with Crippen molar-refractivity contribution in [1.29, 1.82) is 0 Å². The Morgan fingerprint density at radius 3 is 2.53 bits per heavy atom. The average molecular weight is 431 g/mol. The van der Waals surface area contributed by atoms with Gasteiger partial charge in [0.2, 0.25) is 0 Å². The zero-order valence-electron chi connectivity index (χ0n) is 17.2. The summed E-state index contributed by atoms with van der Waals surface area (Å²) in [4.78, 5) is 29.7. The second-order valence-electron chi connectivity index (χ2n) is 8.01. The molecule has 1 aromatic carbocycles. The number of anilines is 1. The summed E-state index contributed by atoms with van der Waals surface area (Å²) < 4.78 is 5.98. The van der Waals surface area contributed by atoms with Gasteiger partial charge in [0, 0.05) is 19.6 Å². The standard InChI is InChI=1S/C22H27ClN4O3/c1-30-22(29)17-6-2-3-7-18(17)27-21(28)20(23)19(14-24-27)26-12-8-16(9-13-26)15-25-10-4-5-11-25/h2-3,6-7,14,16H,4-5,8-13,15H2,1H3. The first-order valence-corrected chi connectivity index (χ1v) is 10.9. The van der Waals surface area contributed by atoms with E-state index in [4.69, 9.17) is 16.3 Å². The molecule has 2 aliphatic heterocycles. The first-order chi connectivity index (χ1) is 14.6. The van der Waals surface area contributed by atoms with Crippen molar-refractivity contribution in [2.45, 2.75) is 25.7 Å². The van der Waals surface area contributed by atoms with Crippen molar-refractivity contribution >= 4 is 23.3 Å². The zero-order chi connectivity index (χ0) is 21.1. The van der Waals surface area contributed by atoms with E-state index in [-0.39, 0.29) is 10.6 Å². The quantitative estimate of drug-likeness (QED) is 0.679. The molecule has 0 saturated carbocycles. The highest BCUT2D eigenvalue weighted by Crippen LogP contribution is 2.28. The number of piperidine rings is 1. The van der Waals surface area contributed by atoms with Crippen LogP contribution in [0.3, 0.4) is 0 Å². The number of benzene rings is 1. The first-order valence-electron chi connectivity index (χ1n) is 10.5. The summed E-state index contributed by atoms with van der Waals surface area (Å²) in [7, 11) is 1.30. The highest BCUT2D eigenvalue weighted by molar-refractivity contribution is 6.33.